The van der Waals surface area contributed by atoms with Crippen molar-refractivity contribution in [2.75, 3.05) is 38.6 Å². The largest absolute Gasteiger partial charge is 0.464 e. The van der Waals surface area contributed by atoms with Crippen LogP contribution in [0.25, 0.3) is 5.52 Å². The molecule has 3 aromatic rings. The van der Waals surface area contributed by atoms with E-state index in [0.717, 1.165) is 0 Å². The molecule has 48 heavy (non-hydrogen) atoms. The van der Waals surface area contributed by atoms with Gasteiger partial charge in [-0.3, -0.25) is 14.2 Å². The Bertz CT molecular complexity index is 1670. The number of halogens is 3. The number of nitrogen functional groups attached to an aromatic ring is 1. The van der Waals surface area contributed by atoms with Crippen molar-refractivity contribution in [2.45, 2.75) is 55.9 Å². The number of esters is 1. The molecule has 1 unspecified atom stereocenters. The lowest BCUT2D eigenvalue weighted by Gasteiger charge is -2.32. The first kappa shape index (κ1) is 35.5. The zero-order valence-corrected chi connectivity index (χ0v) is 26.6. The molecular weight excluding hydrogens is 662 g/mol. The van der Waals surface area contributed by atoms with Crippen molar-refractivity contribution in [3.8, 4) is 11.8 Å². The molecule has 5 rings (SSSR count). The van der Waals surface area contributed by atoms with Crippen molar-refractivity contribution in [1.29, 1.82) is 5.26 Å². The summed E-state index contributed by atoms with van der Waals surface area (Å²) in [6, 6.07) is 11.4. The van der Waals surface area contributed by atoms with Gasteiger partial charge in [0.15, 0.2) is 5.82 Å². The lowest BCUT2D eigenvalue weighted by Crippen LogP contribution is -2.46. The van der Waals surface area contributed by atoms with Gasteiger partial charge in [-0.15, -0.1) is 0 Å². The van der Waals surface area contributed by atoms with Gasteiger partial charge in [-0.25, -0.2) is 14.1 Å². The van der Waals surface area contributed by atoms with Crippen molar-refractivity contribution < 1.29 is 51.3 Å². The predicted octanol–water partition coefficient (Wildman–Crippen LogP) is 2.37. The fraction of sp³-hybridized carbons (Fsp3) is 0.517. The third-order valence-corrected chi connectivity index (χ3v) is 9.76. The maximum absolute atomic E-state index is 14.1. The number of ether oxygens (including phenoxy) is 2. The van der Waals surface area contributed by atoms with Gasteiger partial charge in [0.1, 0.15) is 54.6 Å². The van der Waals surface area contributed by atoms with Crippen LogP contribution in [0.3, 0.4) is 0 Å². The molecule has 0 saturated carbocycles. The Hall–Kier alpha value is -3.82. The molecule has 15 nitrogen and oxygen atoms in total. The highest BCUT2D eigenvalue weighted by molar-refractivity contribution is 7.52. The summed E-state index contributed by atoms with van der Waals surface area (Å²) < 4.78 is 76.0. The Morgan fingerprint density at radius 3 is 2.62 bits per heavy atom. The van der Waals surface area contributed by atoms with Crippen LogP contribution in [0, 0.1) is 17.2 Å². The van der Waals surface area contributed by atoms with Crippen molar-refractivity contribution in [2.24, 2.45) is 5.92 Å². The zero-order chi connectivity index (χ0) is 34.7. The minimum absolute atomic E-state index is 0.0583. The number of carbonyl (C=O) groups excluding carboxylic acids is 1. The van der Waals surface area contributed by atoms with E-state index >= 15 is 0 Å². The van der Waals surface area contributed by atoms with Crippen molar-refractivity contribution >= 4 is 25.1 Å². The summed E-state index contributed by atoms with van der Waals surface area (Å²) in [7, 11) is -4.55. The van der Waals surface area contributed by atoms with Gasteiger partial charge in [-0.2, -0.15) is 28.6 Å². The third kappa shape index (κ3) is 8.06. The average Bonchev–Trinajstić information content (AvgIpc) is 3.59. The molecule has 0 amide bonds. The van der Waals surface area contributed by atoms with Crippen molar-refractivity contribution in [1.82, 2.24) is 24.6 Å². The molecule has 2 aliphatic rings. The molecule has 19 heteroatoms. The molecule has 0 radical (unpaired) electrons. The van der Waals surface area contributed by atoms with Crippen LogP contribution in [0.1, 0.15) is 31.6 Å². The van der Waals surface area contributed by atoms with E-state index in [9.17, 15) is 38.0 Å². The first-order valence-corrected chi connectivity index (χ1v) is 16.5. The van der Waals surface area contributed by atoms with Crippen LogP contribution < -0.4 is 15.3 Å². The number of nitrogens with one attached hydrogen (secondary N) is 1. The summed E-state index contributed by atoms with van der Waals surface area (Å²) in [5.74, 6) is -0.778. The number of nitrogens with zero attached hydrogens (tertiary/aromatic N) is 5. The highest BCUT2D eigenvalue weighted by Crippen LogP contribution is 2.48. The molecule has 6 atom stereocenters. The maximum Gasteiger partial charge on any atom is 0.459 e. The number of fused-ring (bicyclic) bond motifs is 1. The first-order chi connectivity index (χ1) is 22.7. The molecule has 2 aromatic heterocycles. The Kier molecular flexibility index (Phi) is 10.6. The number of alkyl halides is 3. The number of nitrogens with two attached hydrogens (primary N) is 1. The molecule has 260 valence electrons. The normalized spacial score (nSPS) is 25.7. The number of benzene rings is 1. The molecule has 2 saturated heterocycles. The van der Waals surface area contributed by atoms with E-state index in [0.29, 0.717) is 18.4 Å². The molecule has 2 fully saturated rings. The van der Waals surface area contributed by atoms with E-state index in [1.165, 1.54) is 40.9 Å². The third-order valence-electron chi connectivity index (χ3n) is 8.13. The molecule has 5 N–H and O–H groups in total. The van der Waals surface area contributed by atoms with Crippen LogP contribution in [0.4, 0.5) is 19.0 Å². The Balaban J connectivity index is 1.26. The number of para-hydroxylation sites is 1. The fourth-order valence-corrected chi connectivity index (χ4v) is 7.07. The van der Waals surface area contributed by atoms with E-state index in [4.69, 9.17) is 24.3 Å². The minimum atomic E-state index is -4.55. The van der Waals surface area contributed by atoms with E-state index in [-0.39, 0.29) is 42.9 Å². The summed E-state index contributed by atoms with van der Waals surface area (Å²) >= 11 is 0. The van der Waals surface area contributed by atoms with Gasteiger partial charge in [-0.05, 0) is 63.0 Å². The standard InChI is InChI=1S/C29H35F3N7O8P/c1-18(27(42)44-13-19-9-11-38(12-10-19)15-29(30,31)32)37-48(43,47-20-5-3-2-4-6-20)45-16-28(14-33)25(41)23(40)24(46-28)21-7-8-22-26(34)35-17-36-39(21)22/h2-8,17-19,23-25,40-41H,9-13,15-16H2,1H3,(H,37,43)(H2,34,35,36)/t18-,23-,24-,25-,28+,48?/m0/s1. The lowest BCUT2D eigenvalue weighted by atomic mass is 9.96. The van der Waals surface area contributed by atoms with Gasteiger partial charge in [0, 0.05) is 0 Å². The monoisotopic (exact) mass is 697 g/mol. The van der Waals surface area contributed by atoms with Gasteiger partial charge >= 0.3 is 19.9 Å². The lowest BCUT2D eigenvalue weighted by molar-refractivity contribution is -0.151. The number of nitriles is 1. The summed E-state index contributed by atoms with van der Waals surface area (Å²) in [6.45, 7) is -0.193. The van der Waals surface area contributed by atoms with E-state index in [1.54, 1.807) is 24.3 Å². The average molecular weight is 698 g/mol. The first-order valence-electron chi connectivity index (χ1n) is 15.0. The highest BCUT2D eigenvalue weighted by atomic mass is 31.2. The van der Waals surface area contributed by atoms with Gasteiger partial charge in [0.05, 0.1) is 18.8 Å². The molecule has 4 heterocycles. The minimum Gasteiger partial charge on any atom is -0.464 e. The molecule has 1 aromatic carbocycles. The van der Waals surface area contributed by atoms with Gasteiger partial charge in [-0.1, -0.05) is 18.2 Å². The number of likely N-dealkylation sites (tertiary alicyclic amines) is 1. The second-order valence-corrected chi connectivity index (χ2v) is 13.4. The van der Waals surface area contributed by atoms with Crippen LogP contribution >= 0.6 is 7.75 Å². The molecular formula is C29H35F3N7O8P. The fourth-order valence-electron chi connectivity index (χ4n) is 5.55. The quantitative estimate of drug-likeness (QED) is 0.158. The number of anilines is 1. The van der Waals surface area contributed by atoms with Gasteiger partial charge in [0.25, 0.3) is 0 Å². The van der Waals surface area contributed by atoms with Crippen molar-refractivity contribution in [3.05, 3.63) is 54.5 Å². The van der Waals surface area contributed by atoms with E-state index in [2.05, 4.69) is 15.2 Å². The molecule has 2 aliphatic heterocycles. The molecule has 0 aliphatic carbocycles. The van der Waals surface area contributed by atoms with Crippen molar-refractivity contribution in [3.63, 3.8) is 0 Å². The summed E-state index contributed by atoms with van der Waals surface area (Å²) in [6.07, 6.45) is -7.12. The predicted molar refractivity (Wildman–Crippen MR) is 161 cm³/mol. The van der Waals surface area contributed by atoms with Crippen LogP contribution in [-0.2, 0) is 23.4 Å². The number of piperidine rings is 1. The topological polar surface area (TPSA) is 207 Å². The van der Waals surface area contributed by atoms with Crippen LogP contribution in [0.15, 0.2) is 48.8 Å². The van der Waals surface area contributed by atoms with E-state index in [1.807, 2.05) is 6.07 Å². The number of rotatable bonds is 12. The molecule has 0 spiro atoms. The van der Waals surface area contributed by atoms with Crippen LogP contribution in [0.2, 0.25) is 0 Å². The van der Waals surface area contributed by atoms with Crippen LogP contribution in [-0.4, -0.2) is 98.6 Å². The second-order valence-electron chi connectivity index (χ2n) is 11.7. The Morgan fingerprint density at radius 2 is 1.96 bits per heavy atom. The Morgan fingerprint density at radius 1 is 1.25 bits per heavy atom. The highest BCUT2D eigenvalue weighted by Gasteiger charge is 2.57. The number of aliphatic hydroxyl groups is 2. The summed E-state index contributed by atoms with van der Waals surface area (Å²) in [5, 5.41) is 38.7. The second kappa shape index (κ2) is 14.3. The number of carbonyl (C=O) groups is 1. The SMILES string of the molecule is C[C@H](NP(=O)(OC[C@@]1(C#N)O[C@@H](c2ccc3c(N)ncnn23)[C@H](O)[C@@H]1O)Oc1ccccc1)C(=O)OCC1CCN(CC(F)(F)F)CC1. The van der Waals surface area contributed by atoms with E-state index < -0.39 is 63.0 Å². The number of aliphatic hydroxyl groups excluding tert-OH is 2. The summed E-state index contributed by atoms with van der Waals surface area (Å²) in [4.78, 5) is 18.1. The smallest absolute Gasteiger partial charge is 0.459 e. The maximum atomic E-state index is 14.1. The zero-order valence-electron chi connectivity index (χ0n) is 25.7. The number of hydrogen-bond acceptors (Lipinski definition) is 13. The van der Waals surface area contributed by atoms with Gasteiger partial charge < -0.3 is 29.9 Å². The molecule has 0 bridgehead atoms. The number of hydrogen-bond donors (Lipinski definition) is 4. The Labute approximate surface area is 272 Å². The van der Waals surface area contributed by atoms with Crippen LogP contribution in [0.5, 0.6) is 5.75 Å². The summed E-state index contributed by atoms with van der Waals surface area (Å²) in [5.41, 5.74) is 4.27. The number of aromatic nitrogens is 3. The van der Waals surface area contributed by atoms with Gasteiger partial charge in [0.2, 0.25) is 5.60 Å².